The molecule has 1 heterocycles. The molecule has 2 aromatic rings. The Morgan fingerprint density at radius 1 is 0.931 bits per heavy atom. The van der Waals surface area contributed by atoms with Crippen molar-refractivity contribution in [2.75, 3.05) is 5.32 Å². The molecule has 0 atom stereocenters. The van der Waals surface area contributed by atoms with E-state index in [0.717, 1.165) is 60.4 Å². The Balaban J connectivity index is 2.45. The van der Waals surface area contributed by atoms with Crippen molar-refractivity contribution in [2.24, 2.45) is 0 Å². The highest BCUT2D eigenvalue weighted by Gasteiger charge is 2.21. The van der Waals surface area contributed by atoms with Crippen molar-refractivity contribution >= 4 is 11.6 Å². The zero-order valence-corrected chi connectivity index (χ0v) is 18.9. The van der Waals surface area contributed by atoms with Gasteiger partial charge < -0.3 is 9.88 Å². The maximum Gasteiger partial charge on any atom is 0.261 e. The number of benzene rings is 1. The number of aryl methyl sites for hydroxylation is 2. The van der Waals surface area contributed by atoms with E-state index in [-0.39, 0.29) is 16.9 Å². The van der Waals surface area contributed by atoms with Crippen LogP contribution in [0.5, 0.6) is 0 Å². The van der Waals surface area contributed by atoms with Gasteiger partial charge in [-0.25, -0.2) is 0 Å². The Hall–Kier alpha value is -2.36. The van der Waals surface area contributed by atoms with Crippen LogP contribution in [-0.2, 0) is 19.4 Å². The summed E-state index contributed by atoms with van der Waals surface area (Å²) >= 11 is 0. The van der Waals surface area contributed by atoms with Crippen LogP contribution in [0.25, 0.3) is 0 Å². The van der Waals surface area contributed by atoms with Crippen molar-refractivity contribution in [1.29, 1.82) is 0 Å². The predicted molar refractivity (Wildman–Crippen MR) is 122 cm³/mol. The fourth-order valence-electron chi connectivity index (χ4n) is 3.98. The van der Waals surface area contributed by atoms with Gasteiger partial charge >= 0.3 is 0 Å². The largest absolute Gasteiger partial charge is 0.348 e. The van der Waals surface area contributed by atoms with Crippen LogP contribution in [-0.4, -0.2) is 10.5 Å². The second-order valence-corrected chi connectivity index (χ2v) is 7.82. The Labute approximate surface area is 175 Å². The van der Waals surface area contributed by atoms with Crippen LogP contribution in [0.1, 0.15) is 84.9 Å². The first-order chi connectivity index (χ1) is 13.9. The van der Waals surface area contributed by atoms with E-state index in [0.29, 0.717) is 5.56 Å². The van der Waals surface area contributed by atoms with Crippen molar-refractivity contribution < 1.29 is 4.79 Å². The summed E-state index contributed by atoms with van der Waals surface area (Å²) in [6.45, 7) is 12.9. The molecule has 0 aliphatic rings. The third-order valence-corrected chi connectivity index (χ3v) is 5.98. The average molecular weight is 397 g/mol. The number of nitrogens with zero attached hydrogens (tertiary/aromatic N) is 1. The number of unbranched alkanes of at least 4 members (excludes halogenated alkanes) is 3. The van der Waals surface area contributed by atoms with Crippen LogP contribution in [0, 0.1) is 20.8 Å². The molecule has 29 heavy (non-hydrogen) atoms. The summed E-state index contributed by atoms with van der Waals surface area (Å²) in [5.41, 5.74) is 5.55. The molecule has 4 nitrogen and oxygen atoms in total. The number of pyridine rings is 1. The summed E-state index contributed by atoms with van der Waals surface area (Å²) in [6, 6.07) is 6.10. The number of carbonyl (C=O) groups excluding carboxylic acids is 1. The van der Waals surface area contributed by atoms with Crippen molar-refractivity contribution in [3.8, 4) is 0 Å². The lowest BCUT2D eigenvalue weighted by molar-refractivity contribution is 0.102. The number of nitrogens with one attached hydrogen (secondary N) is 1. The highest BCUT2D eigenvalue weighted by molar-refractivity contribution is 6.06. The van der Waals surface area contributed by atoms with Gasteiger partial charge in [0.05, 0.1) is 0 Å². The average Bonchev–Trinajstić information content (AvgIpc) is 2.71. The lowest BCUT2D eigenvalue weighted by atomic mass is 10.0. The summed E-state index contributed by atoms with van der Waals surface area (Å²) in [5, 5.41) is 3.08. The van der Waals surface area contributed by atoms with Crippen LogP contribution in [0.4, 0.5) is 5.69 Å². The minimum Gasteiger partial charge on any atom is -0.348 e. The fraction of sp³-hybridized carbons (Fsp3) is 0.520. The molecule has 4 heteroatoms. The summed E-state index contributed by atoms with van der Waals surface area (Å²) < 4.78 is 2.15. The van der Waals surface area contributed by atoms with Crippen LogP contribution < -0.4 is 10.7 Å². The SMILES string of the molecule is CCCCCCn1c(C)c(C)c(=O)c(C(=O)Nc2c(CC)cccc2CC)c1C. The lowest BCUT2D eigenvalue weighted by Crippen LogP contribution is -2.30. The van der Waals surface area contributed by atoms with Gasteiger partial charge in [0, 0.05) is 29.2 Å². The number of rotatable bonds is 9. The molecule has 0 saturated carbocycles. The van der Waals surface area contributed by atoms with Gasteiger partial charge in [0.25, 0.3) is 5.91 Å². The Morgan fingerprint density at radius 2 is 1.55 bits per heavy atom. The maximum absolute atomic E-state index is 13.3. The molecule has 1 aromatic heterocycles. The van der Waals surface area contributed by atoms with Gasteiger partial charge in [-0.1, -0.05) is 58.2 Å². The summed E-state index contributed by atoms with van der Waals surface area (Å²) in [7, 11) is 0. The zero-order valence-electron chi connectivity index (χ0n) is 18.9. The van der Waals surface area contributed by atoms with Crippen LogP contribution in [0.3, 0.4) is 0 Å². The monoisotopic (exact) mass is 396 g/mol. The number of para-hydroxylation sites is 1. The van der Waals surface area contributed by atoms with E-state index >= 15 is 0 Å². The number of hydrogen-bond acceptors (Lipinski definition) is 2. The van der Waals surface area contributed by atoms with Gasteiger partial charge in [0.2, 0.25) is 0 Å². The minimum absolute atomic E-state index is 0.158. The van der Waals surface area contributed by atoms with E-state index in [1.54, 1.807) is 0 Å². The molecule has 0 fully saturated rings. The quantitative estimate of drug-likeness (QED) is 0.550. The molecule has 0 spiro atoms. The zero-order chi connectivity index (χ0) is 21.6. The van der Waals surface area contributed by atoms with Gasteiger partial charge in [-0.3, -0.25) is 9.59 Å². The van der Waals surface area contributed by atoms with E-state index in [2.05, 4.69) is 30.7 Å². The molecule has 0 saturated heterocycles. The van der Waals surface area contributed by atoms with Crippen LogP contribution >= 0.6 is 0 Å². The second-order valence-electron chi connectivity index (χ2n) is 7.82. The van der Waals surface area contributed by atoms with E-state index < -0.39 is 0 Å². The van der Waals surface area contributed by atoms with Crippen molar-refractivity contribution in [2.45, 2.75) is 86.6 Å². The molecule has 1 N–H and O–H groups in total. The molecule has 0 aliphatic heterocycles. The van der Waals surface area contributed by atoms with Gasteiger partial charge in [0.15, 0.2) is 5.43 Å². The predicted octanol–water partition coefficient (Wildman–Crippen LogP) is 5.73. The minimum atomic E-state index is -0.298. The van der Waals surface area contributed by atoms with E-state index in [4.69, 9.17) is 0 Å². The Morgan fingerprint density at radius 3 is 2.10 bits per heavy atom. The van der Waals surface area contributed by atoms with Gasteiger partial charge in [-0.2, -0.15) is 0 Å². The summed E-state index contributed by atoms with van der Waals surface area (Å²) in [6.07, 6.45) is 6.26. The van der Waals surface area contributed by atoms with Crippen molar-refractivity contribution in [3.63, 3.8) is 0 Å². The topological polar surface area (TPSA) is 51.1 Å². The van der Waals surface area contributed by atoms with E-state index in [1.807, 2.05) is 39.0 Å². The molecule has 158 valence electrons. The Kier molecular flexibility index (Phi) is 8.24. The van der Waals surface area contributed by atoms with E-state index in [9.17, 15) is 9.59 Å². The molecule has 0 radical (unpaired) electrons. The normalized spacial score (nSPS) is 11.0. The first-order valence-corrected chi connectivity index (χ1v) is 11.0. The Bertz CT molecular complexity index is 903. The molecule has 0 aliphatic carbocycles. The third kappa shape index (κ3) is 4.98. The molecule has 2 rings (SSSR count). The molecule has 1 amide bonds. The van der Waals surface area contributed by atoms with Gasteiger partial charge in [0.1, 0.15) is 5.56 Å². The number of hydrogen-bond donors (Lipinski definition) is 1. The molecular formula is C25H36N2O2. The van der Waals surface area contributed by atoms with E-state index in [1.165, 1.54) is 12.8 Å². The van der Waals surface area contributed by atoms with Gasteiger partial charge in [-0.05, 0) is 51.2 Å². The number of anilines is 1. The smallest absolute Gasteiger partial charge is 0.261 e. The fourth-order valence-corrected chi connectivity index (χ4v) is 3.98. The molecule has 0 bridgehead atoms. The molecule has 0 unspecified atom stereocenters. The maximum atomic E-state index is 13.3. The highest BCUT2D eigenvalue weighted by atomic mass is 16.2. The summed E-state index contributed by atoms with van der Waals surface area (Å²) in [4.78, 5) is 26.3. The van der Waals surface area contributed by atoms with Gasteiger partial charge in [-0.15, -0.1) is 0 Å². The standard InChI is InChI=1S/C25H36N2O2/c1-7-10-11-12-16-27-18(5)17(4)24(28)22(19(27)6)25(29)26-23-20(8-2)14-13-15-21(23)9-3/h13-15H,7-12,16H2,1-6H3,(H,26,29). The first kappa shape index (κ1) is 22.9. The second kappa shape index (κ2) is 10.4. The van der Waals surface area contributed by atoms with Crippen molar-refractivity contribution in [1.82, 2.24) is 4.57 Å². The number of amides is 1. The number of carbonyl (C=O) groups is 1. The van der Waals surface area contributed by atoms with Crippen LogP contribution in [0.15, 0.2) is 23.0 Å². The van der Waals surface area contributed by atoms with Crippen molar-refractivity contribution in [3.05, 3.63) is 62.1 Å². The first-order valence-electron chi connectivity index (χ1n) is 11.0. The molecule has 1 aromatic carbocycles. The molecular weight excluding hydrogens is 360 g/mol. The summed E-state index contributed by atoms with van der Waals surface area (Å²) in [5.74, 6) is -0.298. The lowest BCUT2D eigenvalue weighted by Gasteiger charge is -2.20. The number of aromatic nitrogens is 1. The highest BCUT2D eigenvalue weighted by Crippen LogP contribution is 2.24. The third-order valence-electron chi connectivity index (χ3n) is 5.98. The van der Waals surface area contributed by atoms with Crippen LogP contribution in [0.2, 0.25) is 0 Å².